The predicted molar refractivity (Wildman–Crippen MR) is 70.7 cm³/mol. The van der Waals surface area contributed by atoms with Gasteiger partial charge in [-0.2, -0.15) is 0 Å². The van der Waals surface area contributed by atoms with Crippen LogP contribution in [0.3, 0.4) is 0 Å². The fraction of sp³-hybridized carbons (Fsp3) is 0.500. The van der Waals surface area contributed by atoms with Crippen molar-refractivity contribution in [1.82, 2.24) is 10.3 Å². The van der Waals surface area contributed by atoms with Gasteiger partial charge in [0, 0.05) is 11.4 Å². The van der Waals surface area contributed by atoms with Crippen molar-refractivity contribution in [2.45, 2.75) is 19.4 Å². The van der Waals surface area contributed by atoms with Gasteiger partial charge in [-0.25, -0.2) is 13.4 Å². The Balaban J connectivity index is 1.88. The first-order chi connectivity index (χ1) is 8.85. The van der Waals surface area contributed by atoms with E-state index in [1.54, 1.807) is 12.3 Å². The molecule has 2 N–H and O–H groups in total. The molecule has 2 heterocycles. The second-order valence-corrected chi connectivity index (χ2v) is 7.41. The lowest BCUT2D eigenvalue weighted by Gasteiger charge is -2.09. The van der Waals surface area contributed by atoms with Crippen LogP contribution in [0.25, 0.3) is 0 Å². The summed E-state index contributed by atoms with van der Waals surface area (Å²) < 4.78 is 22.5. The van der Waals surface area contributed by atoms with Gasteiger partial charge in [0.1, 0.15) is 0 Å². The molecule has 1 aromatic heterocycles. The Morgan fingerprint density at radius 1 is 1.42 bits per heavy atom. The van der Waals surface area contributed by atoms with Gasteiger partial charge in [-0.05, 0) is 13.3 Å². The van der Waals surface area contributed by atoms with Gasteiger partial charge >= 0.3 is 11.8 Å². The molecule has 2 amide bonds. The largest absolute Gasteiger partial charge is 0.344 e. The quantitative estimate of drug-likeness (QED) is 0.729. The third kappa shape index (κ3) is 3.74. The number of anilines is 1. The first kappa shape index (κ1) is 13.9. The van der Waals surface area contributed by atoms with E-state index in [0.29, 0.717) is 11.6 Å². The molecule has 0 bridgehead atoms. The average Bonchev–Trinajstić information content (AvgIpc) is 2.85. The molecule has 0 aliphatic carbocycles. The van der Waals surface area contributed by atoms with Gasteiger partial charge in [0.25, 0.3) is 0 Å². The van der Waals surface area contributed by atoms with Crippen molar-refractivity contribution >= 4 is 38.1 Å². The van der Waals surface area contributed by atoms with E-state index in [1.807, 2.05) is 0 Å². The third-order valence-corrected chi connectivity index (χ3v) is 5.26. The summed E-state index contributed by atoms with van der Waals surface area (Å²) in [5, 5.41) is 6.86. The van der Waals surface area contributed by atoms with Gasteiger partial charge in [-0.15, -0.1) is 11.3 Å². The minimum atomic E-state index is -3.08. The first-order valence-electron chi connectivity index (χ1n) is 5.60. The molecule has 1 atom stereocenters. The minimum Gasteiger partial charge on any atom is -0.344 e. The number of rotatable bonds is 2. The van der Waals surface area contributed by atoms with Gasteiger partial charge < -0.3 is 5.32 Å². The molecule has 0 radical (unpaired) electrons. The Morgan fingerprint density at radius 2 is 2.16 bits per heavy atom. The molecule has 0 spiro atoms. The van der Waals surface area contributed by atoms with Crippen LogP contribution in [0, 0.1) is 6.92 Å². The Labute approximate surface area is 114 Å². The summed E-state index contributed by atoms with van der Waals surface area (Å²) in [7, 11) is -3.08. The predicted octanol–water partition coefficient (Wildman–Crippen LogP) is -0.307. The van der Waals surface area contributed by atoms with Crippen molar-refractivity contribution in [3.63, 3.8) is 0 Å². The van der Waals surface area contributed by atoms with E-state index in [0.717, 1.165) is 5.69 Å². The van der Waals surface area contributed by atoms with Crippen molar-refractivity contribution < 1.29 is 18.0 Å². The summed E-state index contributed by atoms with van der Waals surface area (Å²) in [5.41, 5.74) is 0.752. The van der Waals surface area contributed by atoms with Crippen molar-refractivity contribution in [1.29, 1.82) is 0 Å². The molecule has 1 saturated heterocycles. The molecule has 9 heteroatoms. The number of aryl methyl sites for hydroxylation is 1. The lowest BCUT2D eigenvalue weighted by molar-refractivity contribution is -0.136. The molecule has 19 heavy (non-hydrogen) atoms. The third-order valence-electron chi connectivity index (χ3n) is 2.61. The zero-order chi connectivity index (χ0) is 14.0. The van der Waals surface area contributed by atoms with Crippen LogP contribution in [0.1, 0.15) is 12.1 Å². The zero-order valence-corrected chi connectivity index (χ0v) is 11.8. The van der Waals surface area contributed by atoms with Crippen LogP contribution in [0.4, 0.5) is 5.13 Å². The Bertz CT molecular complexity index is 608. The number of carbonyl (C=O) groups excluding carboxylic acids is 2. The van der Waals surface area contributed by atoms with Gasteiger partial charge in [0.15, 0.2) is 15.0 Å². The normalized spacial score (nSPS) is 21.0. The van der Waals surface area contributed by atoms with E-state index in [-0.39, 0.29) is 11.5 Å². The maximum Gasteiger partial charge on any atom is 0.315 e. The smallest absolute Gasteiger partial charge is 0.315 e. The molecule has 104 valence electrons. The summed E-state index contributed by atoms with van der Waals surface area (Å²) >= 11 is 1.22. The number of aromatic nitrogens is 1. The number of hydrogen-bond donors (Lipinski definition) is 2. The van der Waals surface area contributed by atoms with Crippen LogP contribution in [0.5, 0.6) is 0 Å². The lowest BCUT2D eigenvalue weighted by Crippen LogP contribution is -2.42. The minimum absolute atomic E-state index is 0.0469. The van der Waals surface area contributed by atoms with E-state index >= 15 is 0 Å². The highest BCUT2D eigenvalue weighted by Gasteiger charge is 2.30. The monoisotopic (exact) mass is 303 g/mol. The zero-order valence-electron chi connectivity index (χ0n) is 10.2. The number of carbonyl (C=O) groups is 2. The SMILES string of the molecule is Cc1csc(NC(=O)C(=O)NC2CCS(=O)(=O)C2)n1. The maximum absolute atomic E-state index is 11.6. The van der Waals surface area contributed by atoms with Gasteiger partial charge in [0.05, 0.1) is 17.2 Å². The summed E-state index contributed by atoms with van der Waals surface area (Å²) in [4.78, 5) is 27.1. The van der Waals surface area contributed by atoms with Crippen molar-refractivity contribution in [2.24, 2.45) is 0 Å². The summed E-state index contributed by atoms with van der Waals surface area (Å²) in [5.74, 6) is -1.73. The molecule has 2 rings (SSSR count). The molecule has 7 nitrogen and oxygen atoms in total. The lowest BCUT2D eigenvalue weighted by atomic mass is 10.2. The van der Waals surface area contributed by atoms with Crippen LogP contribution < -0.4 is 10.6 Å². The van der Waals surface area contributed by atoms with Crippen LogP contribution in [-0.4, -0.2) is 42.8 Å². The highest BCUT2D eigenvalue weighted by molar-refractivity contribution is 7.91. The Hall–Kier alpha value is -1.48. The van der Waals surface area contributed by atoms with E-state index in [4.69, 9.17) is 0 Å². The van der Waals surface area contributed by atoms with Crippen molar-refractivity contribution in [3.8, 4) is 0 Å². The first-order valence-corrected chi connectivity index (χ1v) is 8.30. The highest BCUT2D eigenvalue weighted by atomic mass is 32.2. The maximum atomic E-state index is 11.6. The topological polar surface area (TPSA) is 105 Å². The van der Waals surface area contributed by atoms with Crippen LogP contribution in [0.2, 0.25) is 0 Å². The van der Waals surface area contributed by atoms with Gasteiger partial charge in [-0.1, -0.05) is 0 Å². The number of thiazole rings is 1. The van der Waals surface area contributed by atoms with E-state index in [9.17, 15) is 18.0 Å². The molecular formula is C10H13N3O4S2. The number of nitrogens with one attached hydrogen (secondary N) is 2. The van der Waals surface area contributed by atoms with Crippen LogP contribution in [0.15, 0.2) is 5.38 Å². The Kier molecular flexibility index (Phi) is 3.85. The molecule has 1 unspecified atom stereocenters. The second-order valence-electron chi connectivity index (χ2n) is 4.32. The number of nitrogens with zero attached hydrogens (tertiary/aromatic N) is 1. The molecule has 0 saturated carbocycles. The molecular weight excluding hydrogens is 290 g/mol. The fourth-order valence-electron chi connectivity index (χ4n) is 1.73. The standard InChI is InChI=1S/C10H13N3O4S2/c1-6-4-18-10(11-6)13-9(15)8(14)12-7-2-3-19(16,17)5-7/h4,7H,2-3,5H2,1H3,(H,12,14)(H,11,13,15). The highest BCUT2D eigenvalue weighted by Crippen LogP contribution is 2.14. The van der Waals surface area contributed by atoms with Crippen molar-refractivity contribution in [3.05, 3.63) is 11.1 Å². The number of amides is 2. The fourth-order valence-corrected chi connectivity index (χ4v) is 4.08. The second kappa shape index (κ2) is 5.25. The molecule has 1 aliphatic rings. The number of hydrogen-bond acceptors (Lipinski definition) is 6. The molecule has 1 aliphatic heterocycles. The average molecular weight is 303 g/mol. The van der Waals surface area contributed by atoms with Crippen LogP contribution in [-0.2, 0) is 19.4 Å². The Morgan fingerprint density at radius 3 is 2.68 bits per heavy atom. The van der Waals surface area contributed by atoms with Crippen molar-refractivity contribution in [2.75, 3.05) is 16.8 Å². The summed E-state index contributed by atoms with van der Waals surface area (Å²) in [6.07, 6.45) is 0.345. The van der Waals surface area contributed by atoms with E-state index in [1.165, 1.54) is 11.3 Å². The van der Waals surface area contributed by atoms with Gasteiger partial charge in [-0.3, -0.25) is 14.9 Å². The molecule has 1 fully saturated rings. The summed E-state index contributed by atoms with van der Waals surface area (Å²) in [6.45, 7) is 1.77. The van der Waals surface area contributed by atoms with E-state index < -0.39 is 27.7 Å². The molecule has 0 aromatic carbocycles. The summed E-state index contributed by atoms with van der Waals surface area (Å²) in [6, 6.07) is -0.485. The van der Waals surface area contributed by atoms with Gasteiger partial charge in [0.2, 0.25) is 0 Å². The molecule has 1 aromatic rings. The van der Waals surface area contributed by atoms with E-state index in [2.05, 4.69) is 15.6 Å². The number of sulfone groups is 1. The van der Waals surface area contributed by atoms with Crippen LogP contribution >= 0.6 is 11.3 Å².